The van der Waals surface area contributed by atoms with Gasteiger partial charge < -0.3 is 10.5 Å². The van der Waals surface area contributed by atoms with Crippen molar-refractivity contribution in [3.63, 3.8) is 0 Å². The van der Waals surface area contributed by atoms with E-state index in [1.807, 2.05) is 36.5 Å². The van der Waals surface area contributed by atoms with Gasteiger partial charge in [0.15, 0.2) is 0 Å². The van der Waals surface area contributed by atoms with Crippen molar-refractivity contribution < 1.29 is 4.74 Å². The van der Waals surface area contributed by atoms with Crippen LogP contribution < -0.4 is 10.5 Å². The van der Waals surface area contributed by atoms with E-state index in [9.17, 15) is 0 Å². The number of nitrogens with two attached hydrogens (primary N) is 1. The zero-order valence-corrected chi connectivity index (χ0v) is 12.1. The molecule has 0 amide bonds. The van der Waals surface area contributed by atoms with Crippen LogP contribution in [0.4, 0.5) is 0 Å². The summed E-state index contributed by atoms with van der Waals surface area (Å²) in [5.41, 5.74) is 7.24. The first kappa shape index (κ1) is 13.9. The fraction of sp³-hybridized carbons (Fsp3) is 0.118. The van der Waals surface area contributed by atoms with Crippen molar-refractivity contribution in [2.45, 2.75) is 6.04 Å². The van der Waals surface area contributed by atoms with E-state index in [-0.39, 0.29) is 6.04 Å². The lowest BCUT2D eigenvalue weighted by Crippen LogP contribution is -2.19. The molecule has 0 aliphatic carbocycles. The minimum Gasteiger partial charge on any atom is -0.492 e. The first-order chi connectivity index (χ1) is 10.2. The monoisotopic (exact) mass is 298 g/mol. The van der Waals surface area contributed by atoms with Crippen LogP contribution in [0.2, 0.25) is 5.02 Å². The van der Waals surface area contributed by atoms with Gasteiger partial charge >= 0.3 is 0 Å². The molecule has 0 spiro atoms. The number of hydrogen-bond donors (Lipinski definition) is 1. The summed E-state index contributed by atoms with van der Waals surface area (Å²) in [6.45, 7) is 0.386. The molecule has 3 rings (SSSR count). The summed E-state index contributed by atoms with van der Waals surface area (Å²) in [6.07, 6.45) is 3.64. The molecule has 0 saturated carbocycles. The number of pyridine rings is 1. The summed E-state index contributed by atoms with van der Waals surface area (Å²) < 4.78 is 5.71. The smallest absolute Gasteiger partial charge is 0.119 e. The van der Waals surface area contributed by atoms with Crippen LogP contribution in [0.1, 0.15) is 11.6 Å². The SMILES string of the molecule is NC(COc1ccc(Cl)cc1)c1cncc2ccccc12. The van der Waals surface area contributed by atoms with E-state index in [4.69, 9.17) is 22.1 Å². The van der Waals surface area contributed by atoms with Crippen molar-refractivity contribution in [3.8, 4) is 5.75 Å². The summed E-state index contributed by atoms with van der Waals surface area (Å²) in [4.78, 5) is 4.25. The third kappa shape index (κ3) is 3.15. The number of rotatable bonds is 4. The fourth-order valence-electron chi connectivity index (χ4n) is 2.24. The van der Waals surface area contributed by atoms with E-state index >= 15 is 0 Å². The fourth-order valence-corrected chi connectivity index (χ4v) is 2.37. The molecule has 1 aromatic heterocycles. The molecular weight excluding hydrogens is 284 g/mol. The third-order valence-electron chi connectivity index (χ3n) is 3.34. The minimum atomic E-state index is -0.237. The first-order valence-electron chi connectivity index (χ1n) is 6.70. The van der Waals surface area contributed by atoms with E-state index in [1.54, 1.807) is 18.3 Å². The highest BCUT2D eigenvalue weighted by atomic mass is 35.5. The molecule has 0 bridgehead atoms. The molecule has 1 atom stereocenters. The van der Waals surface area contributed by atoms with Crippen molar-refractivity contribution >= 4 is 22.4 Å². The van der Waals surface area contributed by atoms with Crippen LogP contribution in [0.25, 0.3) is 10.8 Å². The van der Waals surface area contributed by atoms with Gasteiger partial charge in [-0.15, -0.1) is 0 Å². The van der Waals surface area contributed by atoms with Crippen LogP contribution in [0.3, 0.4) is 0 Å². The van der Waals surface area contributed by atoms with Crippen LogP contribution >= 0.6 is 11.6 Å². The number of ether oxygens (including phenoxy) is 1. The van der Waals surface area contributed by atoms with Gasteiger partial charge in [-0.25, -0.2) is 0 Å². The second-order valence-electron chi connectivity index (χ2n) is 4.82. The molecule has 3 nitrogen and oxygen atoms in total. The van der Waals surface area contributed by atoms with Gasteiger partial charge in [0.2, 0.25) is 0 Å². The molecule has 2 N–H and O–H groups in total. The standard InChI is InChI=1S/C17H15ClN2O/c18-13-5-7-14(8-6-13)21-11-17(19)16-10-20-9-12-3-1-2-4-15(12)16/h1-10,17H,11,19H2. The molecule has 106 valence electrons. The van der Waals surface area contributed by atoms with Crippen molar-refractivity contribution in [3.05, 3.63) is 71.5 Å². The second-order valence-corrected chi connectivity index (χ2v) is 5.26. The average Bonchev–Trinajstić information content (AvgIpc) is 2.53. The number of halogens is 1. The Hall–Kier alpha value is -2.10. The van der Waals surface area contributed by atoms with Gasteiger partial charge in [0, 0.05) is 22.8 Å². The highest BCUT2D eigenvalue weighted by molar-refractivity contribution is 6.30. The lowest BCUT2D eigenvalue weighted by molar-refractivity contribution is 0.291. The predicted octanol–water partition coefficient (Wildman–Crippen LogP) is 3.97. The van der Waals surface area contributed by atoms with Gasteiger partial charge in [0.25, 0.3) is 0 Å². The van der Waals surface area contributed by atoms with Gasteiger partial charge in [0.1, 0.15) is 12.4 Å². The summed E-state index contributed by atoms with van der Waals surface area (Å²) in [5.74, 6) is 0.753. The van der Waals surface area contributed by atoms with E-state index in [2.05, 4.69) is 11.1 Å². The molecule has 1 heterocycles. The molecular formula is C17H15ClN2O. The van der Waals surface area contributed by atoms with Crippen LogP contribution in [-0.4, -0.2) is 11.6 Å². The average molecular weight is 299 g/mol. The maximum atomic E-state index is 6.25. The lowest BCUT2D eigenvalue weighted by Gasteiger charge is -2.15. The lowest BCUT2D eigenvalue weighted by atomic mass is 10.0. The summed E-state index contributed by atoms with van der Waals surface area (Å²) >= 11 is 5.85. The molecule has 0 radical (unpaired) electrons. The Morgan fingerprint density at radius 1 is 1.05 bits per heavy atom. The summed E-state index contributed by atoms with van der Waals surface area (Å²) in [7, 11) is 0. The van der Waals surface area contributed by atoms with Gasteiger partial charge in [-0.05, 0) is 35.2 Å². The van der Waals surface area contributed by atoms with E-state index in [1.165, 1.54) is 0 Å². The maximum Gasteiger partial charge on any atom is 0.119 e. The number of nitrogens with zero attached hydrogens (tertiary/aromatic N) is 1. The van der Waals surface area contributed by atoms with Gasteiger partial charge in [0.05, 0.1) is 6.04 Å². The topological polar surface area (TPSA) is 48.1 Å². The summed E-state index contributed by atoms with van der Waals surface area (Å²) in [6, 6.07) is 15.1. The maximum absolute atomic E-state index is 6.25. The Labute approximate surface area is 128 Å². The van der Waals surface area contributed by atoms with E-state index in [0.717, 1.165) is 22.1 Å². The van der Waals surface area contributed by atoms with Gasteiger partial charge in [-0.1, -0.05) is 35.9 Å². The zero-order chi connectivity index (χ0) is 14.7. The normalized spacial score (nSPS) is 12.3. The molecule has 0 fully saturated rings. The highest BCUT2D eigenvalue weighted by Gasteiger charge is 2.11. The largest absolute Gasteiger partial charge is 0.492 e. The van der Waals surface area contributed by atoms with Crippen LogP contribution in [0.5, 0.6) is 5.75 Å². The Morgan fingerprint density at radius 3 is 2.62 bits per heavy atom. The quantitative estimate of drug-likeness (QED) is 0.793. The molecule has 3 aromatic rings. The Bertz CT molecular complexity index is 738. The number of fused-ring (bicyclic) bond motifs is 1. The summed E-state index contributed by atoms with van der Waals surface area (Å²) in [5, 5.41) is 2.88. The van der Waals surface area contributed by atoms with E-state index in [0.29, 0.717) is 11.6 Å². The Kier molecular flexibility index (Phi) is 4.04. The number of aromatic nitrogens is 1. The van der Waals surface area contributed by atoms with Crippen molar-refractivity contribution in [2.75, 3.05) is 6.61 Å². The minimum absolute atomic E-state index is 0.237. The van der Waals surface area contributed by atoms with E-state index < -0.39 is 0 Å². The number of benzene rings is 2. The second kappa shape index (κ2) is 6.12. The number of hydrogen-bond acceptors (Lipinski definition) is 3. The van der Waals surface area contributed by atoms with Crippen molar-refractivity contribution in [1.82, 2.24) is 4.98 Å². The van der Waals surface area contributed by atoms with Crippen LogP contribution in [-0.2, 0) is 0 Å². The molecule has 1 unspecified atom stereocenters. The molecule has 0 aliphatic rings. The highest BCUT2D eigenvalue weighted by Crippen LogP contribution is 2.23. The Morgan fingerprint density at radius 2 is 1.81 bits per heavy atom. The van der Waals surface area contributed by atoms with Crippen LogP contribution in [0.15, 0.2) is 60.9 Å². The Balaban J connectivity index is 1.78. The molecule has 2 aromatic carbocycles. The zero-order valence-electron chi connectivity index (χ0n) is 11.4. The first-order valence-corrected chi connectivity index (χ1v) is 7.08. The third-order valence-corrected chi connectivity index (χ3v) is 3.59. The van der Waals surface area contributed by atoms with Gasteiger partial charge in [-0.2, -0.15) is 0 Å². The van der Waals surface area contributed by atoms with Crippen molar-refractivity contribution in [1.29, 1.82) is 0 Å². The van der Waals surface area contributed by atoms with Crippen LogP contribution in [0, 0.1) is 0 Å². The van der Waals surface area contributed by atoms with Gasteiger partial charge in [-0.3, -0.25) is 4.98 Å². The molecule has 4 heteroatoms. The molecule has 21 heavy (non-hydrogen) atoms. The predicted molar refractivity (Wildman–Crippen MR) is 85.6 cm³/mol. The van der Waals surface area contributed by atoms with Crippen molar-refractivity contribution in [2.24, 2.45) is 5.73 Å². The molecule has 0 saturated heterocycles. The molecule has 0 aliphatic heterocycles.